The van der Waals surface area contributed by atoms with Crippen molar-refractivity contribution in [3.63, 3.8) is 0 Å². The quantitative estimate of drug-likeness (QED) is 0.388. The van der Waals surface area contributed by atoms with Crippen LogP contribution in [0.2, 0.25) is 0 Å². The molecule has 0 saturated heterocycles. The van der Waals surface area contributed by atoms with Gasteiger partial charge >= 0.3 is 23.9 Å². The standard InChI is InChI=1S/C14H10F9IO/c15-11(16,12(17,18)13(19,20)14(21,22)23)7-9(24)6-10(25)8-4-2-1-3-5-8/h1-6,10,25H,7H2/b9-6-. The van der Waals surface area contributed by atoms with Crippen LogP contribution in [0.15, 0.2) is 40.0 Å². The molecule has 0 aliphatic rings. The Morgan fingerprint density at radius 2 is 1.40 bits per heavy atom. The number of hydrogen-bond acceptors (Lipinski definition) is 1. The van der Waals surface area contributed by atoms with Crippen LogP contribution in [0.3, 0.4) is 0 Å². The maximum Gasteiger partial charge on any atom is 0.460 e. The second-order valence-electron chi connectivity index (χ2n) is 5.00. The zero-order chi connectivity index (χ0) is 19.7. The second-order valence-corrected chi connectivity index (χ2v) is 6.38. The van der Waals surface area contributed by atoms with Crippen LogP contribution in [0.1, 0.15) is 18.1 Å². The van der Waals surface area contributed by atoms with Gasteiger partial charge in [0.15, 0.2) is 0 Å². The van der Waals surface area contributed by atoms with Crippen molar-refractivity contribution in [3.05, 3.63) is 45.6 Å². The summed E-state index contributed by atoms with van der Waals surface area (Å²) in [6.07, 6.45) is -9.82. The first kappa shape index (κ1) is 22.1. The van der Waals surface area contributed by atoms with Crippen LogP contribution >= 0.6 is 22.6 Å². The highest BCUT2D eigenvalue weighted by Gasteiger charge is 2.81. The fraction of sp³-hybridized carbons (Fsp3) is 0.429. The first-order valence-corrected chi connectivity index (χ1v) is 7.51. The van der Waals surface area contributed by atoms with E-state index in [1.807, 2.05) is 0 Å². The highest BCUT2D eigenvalue weighted by atomic mass is 127. The molecule has 11 heteroatoms. The van der Waals surface area contributed by atoms with Crippen molar-refractivity contribution in [2.45, 2.75) is 36.5 Å². The van der Waals surface area contributed by atoms with Crippen LogP contribution in [0, 0.1) is 0 Å². The minimum Gasteiger partial charge on any atom is -0.384 e. The molecule has 0 spiro atoms. The monoisotopic (exact) mass is 492 g/mol. The molecule has 1 nitrogen and oxygen atoms in total. The molecule has 0 bridgehead atoms. The lowest BCUT2D eigenvalue weighted by Crippen LogP contribution is -2.60. The normalized spacial score (nSPS) is 16.0. The van der Waals surface area contributed by atoms with E-state index in [9.17, 15) is 44.6 Å². The van der Waals surface area contributed by atoms with Crippen LogP contribution in [-0.4, -0.2) is 29.1 Å². The Morgan fingerprint density at radius 3 is 1.84 bits per heavy atom. The molecule has 142 valence electrons. The molecule has 0 aromatic heterocycles. The molecule has 1 rings (SSSR count). The lowest BCUT2D eigenvalue weighted by atomic mass is 10.00. The molecule has 1 unspecified atom stereocenters. The van der Waals surface area contributed by atoms with Crippen molar-refractivity contribution in [1.29, 1.82) is 0 Å². The number of hydrogen-bond donors (Lipinski definition) is 1. The number of allylic oxidation sites excluding steroid dienone is 1. The minimum absolute atomic E-state index is 0.187. The van der Waals surface area contributed by atoms with E-state index in [0.717, 1.165) is 22.6 Å². The third-order valence-corrected chi connectivity index (χ3v) is 3.82. The number of benzene rings is 1. The molecule has 0 amide bonds. The van der Waals surface area contributed by atoms with Crippen molar-refractivity contribution in [2.75, 3.05) is 0 Å². The number of aliphatic hydroxyl groups excluding tert-OH is 1. The molecule has 0 saturated carbocycles. The molecule has 0 fully saturated rings. The van der Waals surface area contributed by atoms with Gasteiger partial charge in [-0.05, 0) is 37.8 Å². The summed E-state index contributed by atoms with van der Waals surface area (Å²) in [5.74, 6) is -19.3. The van der Waals surface area contributed by atoms with Crippen LogP contribution in [0.4, 0.5) is 39.5 Å². The van der Waals surface area contributed by atoms with Crippen LogP contribution < -0.4 is 0 Å². The molecule has 0 radical (unpaired) electrons. The van der Waals surface area contributed by atoms with E-state index in [-0.39, 0.29) is 5.56 Å². The van der Waals surface area contributed by atoms with Gasteiger partial charge < -0.3 is 5.11 Å². The maximum atomic E-state index is 13.5. The number of rotatable bonds is 6. The summed E-state index contributed by atoms with van der Waals surface area (Å²) in [4.78, 5) is 0. The number of alkyl halides is 9. The summed E-state index contributed by atoms with van der Waals surface area (Å²) < 4.78 is 114. The highest BCUT2D eigenvalue weighted by Crippen LogP contribution is 2.55. The summed E-state index contributed by atoms with van der Waals surface area (Å²) >= 11 is 1.06. The molecule has 0 aliphatic carbocycles. The van der Waals surface area contributed by atoms with E-state index >= 15 is 0 Å². The Labute approximate surface area is 149 Å². The molecule has 1 N–H and O–H groups in total. The fourth-order valence-corrected chi connectivity index (χ4v) is 2.53. The minimum atomic E-state index is -6.92. The largest absolute Gasteiger partial charge is 0.460 e. The maximum absolute atomic E-state index is 13.5. The third-order valence-electron chi connectivity index (χ3n) is 3.08. The number of halogens is 10. The van der Waals surface area contributed by atoms with E-state index in [0.29, 0.717) is 6.08 Å². The van der Waals surface area contributed by atoms with Gasteiger partial charge in [0.05, 0.1) is 6.10 Å². The average molecular weight is 492 g/mol. The number of aliphatic hydroxyl groups is 1. The Balaban J connectivity index is 3.04. The second kappa shape index (κ2) is 7.33. The van der Waals surface area contributed by atoms with Crippen molar-refractivity contribution in [3.8, 4) is 0 Å². The van der Waals surface area contributed by atoms with Gasteiger partial charge in [0.1, 0.15) is 0 Å². The van der Waals surface area contributed by atoms with Gasteiger partial charge in [-0.1, -0.05) is 30.3 Å². The molecule has 0 aliphatic heterocycles. The molecule has 1 atom stereocenters. The lowest BCUT2D eigenvalue weighted by molar-refractivity contribution is -0.395. The summed E-state index contributed by atoms with van der Waals surface area (Å²) in [5, 5.41) is 9.74. The summed E-state index contributed by atoms with van der Waals surface area (Å²) in [5.41, 5.74) is 0.187. The van der Waals surface area contributed by atoms with Gasteiger partial charge in [-0.3, -0.25) is 0 Å². The Hall–Kier alpha value is -0.980. The summed E-state index contributed by atoms with van der Waals surface area (Å²) in [6.45, 7) is 0. The molecule has 0 heterocycles. The van der Waals surface area contributed by atoms with Gasteiger partial charge in [0.25, 0.3) is 0 Å². The molecular weight excluding hydrogens is 482 g/mol. The van der Waals surface area contributed by atoms with Crippen LogP contribution in [-0.2, 0) is 0 Å². The zero-order valence-electron chi connectivity index (χ0n) is 12.0. The summed E-state index contributed by atoms with van der Waals surface area (Å²) in [6, 6.07) is 7.27. The van der Waals surface area contributed by atoms with Crippen LogP contribution in [0.5, 0.6) is 0 Å². The Bertz CT molecular complexity index is 610. The molecular formula is C14H10F9IO. The van der Waals surface area contributed by atoms with Gasteiger partial charge in [-0.25, -0.2) is 0 Å². The van der Waals surface area contributed by atoms with E-state index in [1.54, 1.807) is 6.07 Å². The van der Waals surface area contributed by atoms with Crippen molar-refractivity contribution < 1.29 is 44.6 Å². The van der Waals surface area contributed by atoms with Crippen molar-refractivity contribution in [2.24, 2.45) is 0 Å². The topological polar surface area (TPSA) is 20.2 Å². The van der Waals surface area contributed by atoms with Gasteiger partial charge in [0.2, 0.25) is 0 Å². The smallest absolute Gasteiger partial charge is 0.384 e. The Morgan fingerprint density at radius 1 is 0.920 bits per heavy atom. The fourth-order valence-electron chi connectivity index (χ4n) is 1.71. The van der Waals surface area contributed by atoms with Crippen molar-refractivity contribution in [1.82, 2.24) is 0 Å². The van der Waals surface area contributed by atoms with Crippen molar-refractivity contribution >= 4 is 22.6 Å². The Kier molecular flexibility index (Phi) is 6.47. The SMILES string of the molecule is OC(/C=C(\I)CC(F)(F)C(F)(F)C(F)(F)C(F)(F)F)c1ccccc1. The van der Waals surface area contributed by atoms with E-state index in [2.05, 4.69) is 0 Å². The van der Waals surface area contributed by atoms with Gasteiger partial charge in [0, 0.05) is 6.42 Å². The first-order chi connectivity index (χ1) is 11.1. The lowest BCUT2D eigenvalue weighted by Gasteiger charge is -2.33. The molecule has 1 aromatic rings. The van der Waals surface area contributed by atoms with E-state index < -0.39 is 40.0 Å². The molecule has 25 heavy (non-hydrogen) atoms. The first-order valence-electron chi connectivity index (χ1n) is 6.43. The van der Waals surface area contributed by atoms with Gasteiger partial charge in [-0.15, -0.1) is 0 Å². The average Bonchev–Trinajstić information content (AvgIpc) is 2.45. The molecule has 1 aromatic carbocycles. The summed E-state index contributed by atoms with van der Waals surface area (Å²) in [7, 11) is 0. The predicted molar refractivity (Wildman–Crippen MR) is 79.0 cm³/mol. The highest BCUT2D eigenvalue weighted by molar-refractivity contribution is 14.1. The van der Waals surface area contributed by atoms with E-state index in [1.165, 1.54) is 24.3 Å². The third kappa shape index (κ3) is 4.60. The van der Waals surface area contributed by atoms with Gasteiger partial charge in [-0.2, -0.15) is 39.5 Å². The zero-order valence-corrected chi connectivity index (χ0v) is 14.1. The van der Waals surface area contributed by atoms with E-state index in [4.69, 9.17) is 0 Å². The predicted octanol–water partition coefficient (Wildman–Crippen LogP) is 5.90. The van der Waals surface area contributed by atoms with Crippen LogP contribution in [0.25, 0.3) is 0 Å².